The molecule has 114 valence electrons. The van der Waals surface area contributed by atoms with E-state index in [1.54, 1.807) is 13.0 Å². The van der Waals surface area contributed by atoms with Crippen molar-refractivity contribution in [1.29, 1.82) is 0 Å². The molecule has 2 aromatic rings. The van der Waals surface area contributed by atoms with Gasteiger partial charge in [0.2, 0.25) is 10.0 Å². The molecule has 5 nitrogen and oxygen atoms in total. The van der Waals surface area contributed by atoms with E-state index in [1.165, 1.54) is 0 Å². The molecular formula is C15H20N2O3S. The van der Waals surface area contributed by atoms with Gasteiger partial charge in [0, 0.05) is 12.1 Å². The minimum Gasteiger partial charge on any atom is -0.361 e. The fourth-order valence-corrected chi connectivity index (χ4v) is 3.60. The quantitative estimate of drug-likeness (QED) is 0.921. The Morgan fingerprint density at radius 1 is 1.19 bits per heavy atom. The van der Waals surface area contributed by atoms with Crippen molar-refractivity contribution in [3.05, 3.63) is 46.3 Å². The lowest BCUT2D eigenvalue weighted by Crippen LogP contribution is -2.27. The third-order valence-electron chi connectivity index (χ3n) is 3.48. The van der Waals surface area contributed by atoms with Crippen LogP contribution < -0.4 is 4.72 Å². The molecule has 0 bridgehead atoms. The maximum absolute atomic E-state index is 12.4. The number of nitrogens with one attached hydrogen (secondary N) is 1. The molecule has 0 fully saturated rings. The highest BCUT2D eigenvalue weighted by molar-refractivity contribution is 7.89. The Hall–Kier alpha value is -1.66. The second-order valence-electron chi connectivity index (χ2n) is 5.22. The molecule has 21 heavy (non-hydrogen) atoms. The van der Waals surface area contributed by atoms with E-state index in [9.17, 15) is 8.42 Å². The molecule has 0 radical (unpaired) electrons. The number of rotatable bonds is 5. The highest BCUT2D eigenvalue weighted by atomic mass is 32.2. The summed E-state index contributed by atoms with van der Waals surface area (Å²) in [7, 11) is -3.49. The van der Waals surface area contributed by atoms with Crippen LogP contribution in [0.5, 0.6) is 0 Å². The fourth-order valence-electron chi connectivity index (χ4n) is 2.24. The van der Waals surface area contributed by atoms with E-state index in [0.29, 0.717) is 17.9 Å². The van der Waals surface area contributed by atoms with Crippen LogP contribution in [0.25, 0.3) is 0 Å². The average molecular weight is 308 g/mol. The molecule has 2 rings (SSSR count). The molecule has 0 aliphatic heterocycles. The standard InChI is InChI=1S/C15H20N2O3S/c1-10-5-6-11(2)15(9-10)21(18,19)16-8-7-14-12(3)17-20-13(14)4/h5-6,9,16H,7-8H2,1-4H3. The Morgan fingerprint density at radius 3 is 2.52 bits per heavy atom. The summed E-state index contributed by atoms with van der Waals surface area (Å²) in [4.78, 5) is 0.335. The monoisotopic (exact) mass is 308 g/mol. The Balaban J connectivity index is 2.10. The van der Waals surface area contributed by atoms with Gasteiger partial charge >= 0.3 is 0 Å². The van der Waals surface area contributed by atoms with Gasteiger partial charge in [0.05, 0.1) is 10.6 Å². The molecule has 6 heteroatoms. The first-order valence-corrected chi connectivity index (χ1v) is 8.28. The number of nitrogens with zero attached hydrogens (tertiary/aromatic N) is 1. The van der Waals surface area contributed by atoms with Crippen molar-refractivity contribution in [3.8, 4) is 0 Å². The molecule has 1 heterocycles. The Bertz CT molecular complexity index is 729. The van der Waals surface area contributed by atoms with Crippen molar-refractivity contribution in [2.45, 2.75) is 39.0 Å². The molecule has 0 unspecified atom stereocenters. The summed E-state index contributed by atoms with van der Waals surface area (Å²) in [6, 6.07) is 5.41. The molecule has 0 spiro atoms. The predicted molar refractivity (Wildman–Crippen MR) is 80.8 cm³/mol. The van der Waals surface area contributed by atoms with Crippen molar-refractivity contribution in [2.24, 2.45) is 0 Å². The minimum absolute atomic E-state index is 0.318. The van der Waals surface area contributed by atoms with E-state index in [0.717, 1.165) is 28.1 Å². The van der Waals surface area contributed by atoms with Crippen molar-refractivity contribution in [3.63, 3.8) is 0 Å². The van der Waals surface area contributed by atoms with E-state index in [-0.39, 0.29) is 0 Å². The first-order valence-electron chi connectivity index (χ1n) is 6.80. The van der Waals surface area contributed by atoms with Crippen LogP contribution >= 0.6 is 0 Å². The largest absolute Gasteiger partial charge is 0.361 e. The lowest BCUT2D eigenvalue weighted by Gasteiger charge is -2.10. The summed E-state index contributed by atoms with van der Waals surface area (Å²) in [6.45, 7) is 7.67. The van der Waals surface area contributed by atoms with E-state index in [1.807, 2.05) is 32.9 Å². The summed E-state index contributed by atoms with van der Waals surface area (Å²) >= 11 is 0. The van der Waals surface area contributed by atoms with Gasteiger partial charge in [-0.05, 0) is 51.3 Å². The van der Waals surface area contributed by atoms with Crippen molar-refractivity contribution < 1.29 is 12.9 Å². The maximum Gasteiger partial charge on any atom is 0.240 e. The highest BCUT2D eigenvalue weighted by Gasteiger charge is 2.17. The Morgan fingerprint density at radius 2 is 1.90 bits per heavy atom. The molecule has 0 atom stereocenters. The van der Waals surface area contributed by atoms with E-state index >= 15 is 0 Å². The zero-order valence-corrected chi connectivity index (χ0v) is 13.5. The van der Waals surface area contributed by atoms with Crippen molar-refractivity contribution >= 4 is 10.0 Å². The number of sulfonamides is 1. The summed E-state index contributed by atoms with van der Waals surface area (Å²) in [5.74, 6) is 0.735. The summed E-state index contributed by atoms with van der Waals surface area (Å²) < 4.78 is 32.4. The summed E-state index contributed by atoms with van der Waals surface area (Å²) in [5, 5.41) is 3.86. The van der Waals surface area contributed by atoms with Crippen LogP contribution in [-0.2, 0) is 16.4 Å². The van der Waals surface area contributed by atoms with Gasteiger partial charge < -0.3 is 4.52 Å². The summed E-state index contributed by atoms with van der Waals surface area (Å²) in [6.07, 6.45) is 0.561. The van der Waals surface area contributed by atoms with Crippen LogP contribution in [-0.4, -0.2) is 20.1 Å². The average Bonchev–Trinajstić information content (AvgIpc) is 2.73. The van der Waals surface area contributed by atoms with Gasteiger partial charge in [-0.3, -0.25) is 0 Å². The van der Waals surface area contributed by atoms with Crippen LogP contribution in [0.15, 0.2) is 27.6 Å². The van der Waals surface area contributed by atoms with Crippen LogP contribution in [0.1, 0.15) is 28.1 Å². The predicted octanol–water partition coefficient (Wildman–Crippen LogP) is 2.43. The smallest absolute Gasteiger partial charge is 0.240 e. The van der Waals surface area contributed by atoms with Crippen molar-refractivity contribution in [1.82, 2.24) is 9.88 Å². The molecule has 0 aliphatic carbocycles. The minimum atomic E-state index is -3.49. The molecule has 1 N–H and O–H groups in total. The normalized spacial score (nSPS) is 11.8. The van der Waals surface area contributed by atoms with Gasteiger partial charge in [0.1, 0.15) is 5.76 Å². The van der Waals surface area contributed by atoms with Gasteiger partial charge in [0.15, 0.2) is 0 Å². The van der Waals surface area contributed by atoms with E-state index < -0.39 is 10.0 Å². The number of benzene rings is 1. The van der Waals surface area contributed by atoms with Crippen molar-refractivity contribution in [2.75, 3.05) is 6.54 Å². The van der Waals surface area contributed by atoms with Crippen LogP contribution in [0.2, 0.25) is 0 Å². The second-order valence-corrected chi connectivity index (χ2v) is 6.95. The zero-order chi connectivity index (χ0) is 15.6. The van der Waals surface area contributed by atoms with Crippen LogP contribution in [0, 0.1) is 27.7 Å². The first kappa shape index (κ1) is 15.7. The molecule has 1 aromatic carbocycles. The van der Waals surface area contributed by atoms with Gasteiger partial charge in [-0.15, -0.1) is 0 Å². The number of aromatic nitrogens is 1. The third-order valence-corrected chi connectivity index (χ3v) is 5.08. The van der Waals surface area contributed by atoms with Gasteiger partial charge in [-0.25, -0.2) is 13.1 Å². The third kappa shape index (κ3) is 3.51. The maximum atomic E-state index is 12.4. The molecule has 0 amide bonds. The van der Waals surface area contributed by atoms with Crippen LogP contribution in [0.3, 0.4) is 0 Å². The zero-order valence-electron chi connectivity index (χ0n) is 12.7. The molecule has 1 aromatic heterocycles. The molecule has 0 saturated carbocycles. The first-order chi connectivity index (χ1) is 9.81. The molecule has 0 saturated heterocycles. The second kappa shape index (κ2) is 5.99. The van der Waals surface area contributed by atoms with E-state index in [4.69, 9.17) is 4.52 Å². The van der Waals surface area contributed by atoms with Gasteiger partial charge in [-0.1, -0.05) is 17.3 Å². The summed E-state index contributed by atoms with van der Waals surface area (Å²) in [5.41, 5.74) is 3.43. The number of hydrogen-bond acceptors (Lipinski definition) is 4. The SMILES string of the molecule is Cc1ccc(C)c(S(=O)(=O)NCCc2c(C)noc2C)c1. The van der Waals surface area contributed by atoms with Gasteiger partial charge in [-0.2, -0.15) is 0 Å². The number of aryl methyl sites for hydroxylation is 4. The molecule has 0 aliphatic rings. The fraction of sp³-hybridized carbons (Fsp3) is 0.400. The van der Waals surface area contributed by atoms with Crippen LogP contribution in [0.4, 0.5) is 0 Å². The van der Waals surface area contributed by atoms with Gasteiger partial charge in [0.25, 0.3) is 0 Å². The Kier molecular flexibility index (Phi) is 4.49. The number of hydrogen-bond donors (Lipinski definition) is 1. The van der Waals surface area contributed by atoms with E-state index in [2.05, 4.69) is 9.88 Å². The lowest BCUT2D eigenvalue weighted by atomic mass is 10.1. The topological polar surface area (TPSA) is 72.2 Å². The lowest BCUT2D eigenvalue weighted by molar-refractivity contribution is 0.392. The highest BCUT2D eigenvalue weighted by Crippen LogP contribution is 2.17. The molecular weight excluding hydrogens is 288 g/mol. The Labute approximate surface area is 125 Å².